The highest BCUT2D eigenvalue weighted by molar-refractivity contribution is 7.98. The quantitative estimate of drug-likeness (QED) is 0.341. The first-order valence-corrected chi connectivity index (χ1v) is 12.5. The summed E-state index contributed by atoms with van der Waals surface area (Å²) in [5, 5.41) is 11.1. The second-order valence-electron chi connectivity index (χ2n) is 6.96. The SMILES string of the molecule is CCN(CC)S(=O)(=O)c1cccc(-c2nnc(SCc3ccc4ccccc4c3)o2)c1. The molecule has 1 heterocycles. The topological polar surface area (TPSA) is 76.3 Å². The van der Waals surface area contributed by atoms with Gasteiger partial charge < -0.3 is 4.42 Å². The van der Waals surface area contributed by atoms with E-state index in [1.807, 2.05) is 26.0 Å². The molecule has 1 aromatic heterocycles. The van der Waals surface area contributed by atoms with E-state index in [1.165, 1.54) is 26.8 Å². The number of benzene rings is 3. The van der Waals surface area contributed by atoms with Crippen molar-refractivity contribution < 1.29 is 12.8 Å². The summed E-state index contributed by atoms with van der Waals surface area (Å²) in [6, 6.07) is 21.2. The summed E-state index contributed by atoms with van der Waals surface area (Å²) in [7, 11) is -3.55. The van der Waals surface area contributed by atoms with Crippen LogP contribution in [0.1, 0.15) is 19.4 Å². The number of aromatic nitrogens is 2. The molecule has 0 bridgehead atoms. The zero-order valence-electron chi connectivity index (χ0n) is 17.4. The minimum absolute atomic E-state index is 0.220. The predicted octanol–water partition coefficient (Wildman–Crippen LogP) is 5.21. The highest BCUT2D eigenvalue weighted by atomic mass is 32.2. The molecule has 0 saturated heterocycles. The lowest BCUT2D eigenvalue weighted by molar-refractivity contribution is 0.445. The summed E-state index contributed by atoms with van der Waals surface area (Å²) in [4.78, 5) is 0.220. The lowest BCUT2D eigenvalue weighted by Crippen LogP contribution is -2.30. The van der Waals surface area contributed by atoms with E-state index in [0.29, 0.717) is 35.5 Å². The summed E-state index contributed by atoms with van der Waals surface area (Å²) in [5.74, 6) is 1.00. The van der Waals surface area contributed by atoms with E-state index in [0.717, 1.165) is 5.56 Å². The lowest BCUT2D eigenvalue weighted by Gasteiger charge is -2.18. The Morgan fingerprint density at radius 1 is 0.903 bits per heavy atom. The molecule has 0 radical (unpaired) electrons. The molecule has 4 rings (SSSR count). The molecule has 0 aliphatic carbocycles. The fourth-order valence-corrected chi connectivity index (χ4v) is 5.57. The second-order valence-corrected chi connectivity index (χ2v) is 9.82. The zero-order chi connectivity index (χ0) is 21.8. The lowest BCUT2D eigenvalue weighted by atomic mass is 10.1. The van der Waals surface area contributed by atoms with Gasteiger partial charge in [-0.2, -0.15) is 4.31 Å². The van der Waals surface area contributed by atoms with Crippen molar-refractivity contribution >= 4 is 32.6 Å². The fourth-order valence-electron chi connectivity index (χ4n) is 3.36. The summed E-state index contributed by atoms with van der Waals surface area (Å²) in [6.07, 6.45) is 0. The third-order valence-corrected chi connectivity index (χ3v) is 7.94. The van der Waals surface area contributed by atoms with Gasteiger partial charge in [-0.1, -0.05) is 74.1 Å². The average molecular weight is 454 g/mol. The van der Waals surface area contributed by atoms with Crippen LogP contribution in [0.2, 0.25) is 0 Å². The van der Waals surface area contributed by atoms with Gasteiger partial charge in [0, 0.05) is 24.4 Å². The maximum atomic E-state index is 12.8. The zero-order valence-corrected chi connectivity index (χ0v) is 19.0. The van der Waals surface area contributed by atoms with Crippen LogP contribution >= 0.6 is 11.8 Å². The molecule has 0 N–H and O–H groups in total. The molecule has 6 nitrogen and oxygen atoms in total. The molecule has 0 amide bonds. The molecule has 160 valence electrons. The van der Waals surface area contributed by atoms with Crippen LogP contribution in [0.15, 0.2) is 81.3 Å². The maximum Gasteiger partial charge on any atom is 0.277 e. The Morgan fingerprint density at radius 3 is 2.45 bits per heavy atom. The number of sulfonamides is 1. The molecule has 31 heavy (non-hydrogen) atoms. The molecule has 0 aliphatic heterocycles. The van der Waals surface area contributed by atoms with Crippen molar-refractivity contribution in [2.24, 2.45) is 0 Å². The van der Waals surface area contributed by atoms with Gasteiger partial charge in [-0.15, -0.1) is 10.2 Å². The number of hydrogen-bond donors (Lipinski definition) is 0. The molecule has 0 unspecified atom stereocenters. The number of fused-ring (bicyclic) bond motifs is 1. The number of thioether (sulfide) groups is 1. The van der Waals surface area contributed by atoms with Crippen molar-refractivity contribution in [3.8, 4) is 11.5 Å². The van der Waals surface area contributed by atoms with Crippen LogP contribution in [0.4, 0.5) is 0 Å². The Kier molecular flexibility index (Phi) is 6.41. The number of rotatable bonds is 8. The third kappa shape index (κ3) is 4.66. The largest absolute Gasteiger partial charge is 0.411 e. The van der Waals surface area contributed by atoms with Gasteiger partial charge in [-0.05, 0) is 34.5 Å². The molecule has 0 aliphatic rings. The predicted molar refractivity (Wildman–Crippen MR) is 123 cm³/mol. The van der Waals surface area contributed by atoms with Crippen molar-refractivity contribution in [2.45, 2.75) is 29.7 Å². The van der Waals surface area contributed by atoms with E-state index in [2.05, 4.69) is 40.5 Å². The highest BCUT2D eigenvalue weighted by Crippen LogP contribution is 2.28. The summed E-state index contributed by atoms with van der Waals surface area (Å²) < 4.78 is 32.8. The van der Waals surface area contributed by atoms with E-state index in [1.54, 1.807) is 24.3 Å². The van der Waals surface area contributed by atoms with Gasteiger partial charge in [-0.3, -0.25) is 0 Å². The molecule has 4 aromatic rings. The molecule has 0 saturated carbocycles. The van der Waals surface area contributed by atoms with Gasteiger partial charge in [0.1, 0.15) is 0 Å². The summed E-state index contributed by atoms with van der Waals surface area (Å²) in [5.41, 5.74) is 1.74. The summed E-state index contributed by atoms with van der Waals surface area (Å²) in [6.45, 7) is 4.47. The number of nitrogens with zero attached hydrogens (tertiary/aromatic N) is 3. The van der Waals surface area contributed by atoms with Gasteiger partial charge in [0.25, 0.3) is 5.22 Å². The van der Waals surface area contributed by atoms with E-state index >= 15 is 0 Å². The molecule has 0 atom stereocenters. The van der Waals surface area contributed by atoms with Gasteiger partial charge in [0.15, 0.2) is 0 Å². The second kappa shape index (κ2) is 9.21. The minimum Gasteiger partial charge on any atom is -0.411 e. The normalized spacial score (nSPS) is 12.0. The van der Waals surface area contributed by atoms with Crippen molar-refractivity contribution in [2.75, 3.05) is 13.1 Å². The standard InChI is InChI=1S/C23H23N3O3S2/c1-3-26(4-2)31(27,28)21-11-7-10-20(15-21)22-24-25-23(29-22)30-16-17-12-13-18-8-5-6-9-19(18)14-17/h5-15H,3-4,16H2,1-2H3. The molecule has 0 fully saturated rings. The fraction of sp³-hybridized carbons (Fsp3) is 0.217. The Morgan fingerprint density at radius 2 is 1.68 bits per heavy atom. The van der Waals surface area contributed by atoms with Crippen LogP contribution in [0, 0.1) is 0 Å². The van der Waals surface area contributed by atoms with Gasteiger partial charge in [0.2, 0.25) is 15.9 Å². The van der Waals surface area contributed by atoms with Gasteiger partial charge >= 0.3 is 0 Å². The van der Waals surface area contributed by atoms with Crippen LogP contribution in [0.25, 0.3) is 22.2 Å². The van der Waals surface area contributed by atoms with Gasteiger partial charge in [0.05, 0.1) is 4.90 Å². The van der Waals surface area contributed by atoms with Crippen molar-refractivity contribution in [3.63, 3.8) is 0 Å². The van der Waals surface area contributed by atoms with Crippen molar-refractivity contribution in [1.29, 1.82) is 0 Å². The first kappa shape index (κ1) is 21.5. The molecule has 8 heteroatoms. The van der Waals surface area contributed by atoms with E-state index in [-0.39, 0.29) is 4.90 Å². The van der Waals surface area contributed by atoms with Crippen LogP contribution in [-0.4, -0.2) is 36.0 Å². The average Bonchev–Trinajstić information content (AvgIpc) is 3.27. The Hall–Kier alpha value is -2.68. The molecular weight excluding hydrogens is 430 g/mol. The highest BCUT2D eigenvalue weighted by Gasteiger charge is 2.22. The van der Waals surface area contributed by atoms with E-state index < -0.39 is 10.0 Å². The van der Waals surface area contributed by atoms with Gasteiger partial charge in [-0.25, -0.2) is 8.42 Å². The van der Waals surface area contributed by atoms with Crippen molar-refractivity contribution in [3.05, 3.63) is 72.3 Å². The minimum atomic E-state index is -3.55. The van der Waals surface area contributed by atoms with E-state index in [9.17, 15) is 8.42 Å². The van der Waals surface area contributed by atoms with Crippen LogP contribution in [-0.2, 0) is 15.8 Å². The first-order chi connectivity index (χ1) is 15.0. The summed E-state index contributed by atoms with van der Waals surface area (Å²) >= 11 is 1.45. The number of hydrogen-bond acceptors (Lipinski definition) is 6. The third-order valence-electron chi connectivity index (χ3n) is 5.01. The van der Waals surface area contributed by atoms with Crippen LogP contribution in [0.5, 0.6) is 0 Å². The molecular formula is C23H23N3O3S2. The smallest absolute Gasteiger partial charge is 0.277 e. The Balaban J connectivity index is 1.51. The molecule has 3 aromatic carbocycles. The van der Waals surface area contributed by atoms with E-state index in [4.69, 9.17) is 4.42 Å². The van der Waals surface area contributed by atoms with Crippen molar-refractivity contribution in [1.82, 2.24) is 14.5 Å². The maximum absolute atomic E-state index is 12.8. The Bertz CT molecular complexity index is 1300. The van der Waals surface area contributed by atoms with Crippen LogP contribution < -0.4 is 0 Å². The first-order valence-electron chi connectivity index (χ1n) is 10.1. The monoisotopic (exact) mass is 453 g/mol. The van der Waals surface area contributed by atoms with Crippen LogP contribution in [0.3, 0.4) is 0 Å². The Labute approximate surface area is 186 Å². The molecule has 0 spiro atoms.